The lowest BCUT2D eigenvalue weighted by Gasteiger charge is -2.37. The predicted molar refractivity (Wildman–Crippen MR) is 103 cm³/mol. The van der Waals surface area contributed by atoms with Crippen molar-refractivity contribution in [2.75, 3.05) is 11.5 Å². The molecule has 4 nitrogen and oxygen atoms in total. The van der Waals surface area contributed by atoms with E-state index in [1.807, 2.05) is 37.3 Å². The van der Waals surface area contributed by atoms with E-state index in [0.717, 1.165) is 5.56 Å². The Labute approximate surface area is 157 Å². The fourth-order valence-electron chi connectivity index (χ4n) is 3.01. The van der Waals surface area contributed by atoms with E-state index < -0.39 is 12.0 Å². The molecule has 3 rings (SSSR count). The molecule has 1 heterocycles. The van der Waals surface area contributed by atoms with Crippen molar-refractivity contribution < 1.29 is 13.9 Å². The summed E-state index contributed by atoms with van der Waals surface area (Å²) in [5.41, 5.74) is 2.73. The normalized spacial score (nSPS) is 17.1. The fourth-order valence-corrected chi connectivity index (χ4v) is 3.37. The Morgan fingerprint density at radius 1 is 1.19 bits per heavy atom. The number of benzene rings is 2. The molecule has 1 atom stereocenters. The van der Waals surface area contributed by atoms with Gasteiger partial charge in [0.25, 0.3) is 0 Å². The molecule has 1 N–H and O–H groups in total. The number of ether oxygens (including phenoxy) is 1. The largest absolute Gasteiger partial charge is 0.463 e. The maximum atomic E-state index is 13.3. The van der Waals surface area contributed by atoms with Crippen molar-refractivity contribution >= 4 is 29.0 Å². The highest BCUT2D eigenvalue weighted by molar-refractivity contribution is 7.80. The number of allylic oxidation sites excluding steroid dienone is 1. The minimum Gasteiger partial charge on any atom is -0.463 e. The maximum Gasteiger partial charge on any atom is 0.338 e. The summed E-state index contributed by atoms with van der Waals surface area (Å²) in [7, 11) is 0. The number of carbonyl (C=O) groups excluding carboxylic acids is 1. The molecule has 0 saturated carbocycles. The topological polar surface area (TPSA) is 41.6 Å². The van der Waals surface area contributed by atoms with Crippen molar-refractivity contribution in [2.24, 2.45) is 0 Å². The highest BCUT2D eigenvalue weighted by Crippen LogP contribution is 2.34. The van der Waals surface area contributed by atoms with Gasteiger partial charge in [-0.15, -0.1) is 0 Å². The molecule has 26 heavy (non-hydrogen) atoms. The lowest BCUT2D eigenvalue weighted by molar-refractivity contribution is -0.139. The van der Waals surface area contributed by atoms with Gasteiger partial charge in [-0.1, -0.05) is 30.3 Å². The Balaban J connectivity index is 2.11. The summed E-state index contributed by atoms with van der Waals surface area (Å²) in [6, 6.07) is 15.2. The van der Waals surface area contributed by atoms with E-state index in [9.17, 15) is 9.18 Å². The van der Waals surface area contributed by atoms with Gasteiger partial charge in [-0.3, -0.25) is 4.90 Å². The van der Waals surface area contributed by atoms with E-state index in [1.54, 1.807) is 24.0 Å². The number of halogens is 1. The summed E-state index contributed by atoms with van der Waals surface area (Å²) in [4.78, 5) is 14.4. The Hall–Kier alpha value is -2.73. The van der Waals surface area contributed by atoms with Gasteiger partial charge in [0.05, 0.1) is 18.2 Å². The average molecular weight is 370 g/mol. The summed E-state index contributed by atoms with van der Waals surface area (Å²) in [6.45, 7) is 3.86. The molecule has 0 bridgehead atoms. The van der Waals surface area contributed by atoms with Crippen molar-refractivity contribution in [3.8, 4) is 0 Å². The number of thiocarbonyl (C=S) groups is 1. The Bertz CT molecular complexity index is 850. The number of hydrogen-bond acceptors (Lipinski definition) is 3. The zero-order chi connectivity index (χ0) is 18.7. The number of esters is 1. The first-order valence-corrected chi connectivity index (χ1v) is 8.72. The smallest absolute Gasteiger partial charge is 0.338 e. The highest BCUT2D eigenvalue weighted by Gasteiger charge is 2.35. The second-order valence-corrected chi connectivity index (χ2v) is 6.21. The number of nitrogens with one attached hydrogen (secondary N) is 1. The standard InChI is InChI=1S/C20H19FN2O2S/c1-3-25-19(24)17-13(2)23(16-11-9-15(21)10-12-16)20(26)22-18(17)14-7-5-4-6-8-14/h4-12,18H,3H2,1-2H3,(H,22,26)/t18-/m1/s1. The zero-order valence-electron chi connectivity index (χ0n) is 14.5. The van der Waals surface area contributed by atoms with Crippen molar-refractivity contribution in [2.45, 2.75) is 19.9 Å². The zero-order valence-corrected chi connectivity index (χ0v) is 15.3. The number of rotatable bonds is 4. The van der Waals surface area contributed by atoms with E-state index in [1.165, 1.54) is 12.1 Å². The minimum absolute atomic E-state index is 0.276. The third-order valence-electron chi connectivity index (χ3n) is 4.20. The molecule has 0 unspecified atom stereocenters. The molecule has 0 radical (unpaired) electrons. The molecule has 0 spiro atoms. The van der Waals surface area contributed by atoms with Crippen LogP contribution in [-0.4, -0.2) is 17.7 Å². The van der Waals surface area contributed by atoms with Gasteiger partial charge in [-0.2, -0.15) is 0 Å². The van der Waals surface area contributed by atoms with E-state index >= 15 is 0 Å². The number of hydrogen-bond donors (Lipinski definition) is 1. The summed E-state index contributed by atoms with van der Waals surface area (Å²) in [5, 5.41) is 3.66. The Morgan fingerprint density at radius 3 is 2.46 bits per heavy atom. The van der Waals surface area contributed by atoms with Crippen LogP contribution in [0.5, 0.6) is 0 Å². The third kappa shape index (κ3) is 3.46. The molecule has 6 heteroatoms. The number of nitrogens with zero attached hydrogens (tertiary/aromatic N) is 1. The average Bonchev–Trinajstić information content (AvgIpc) is 2.63. The van der Waals surface area contributed by atoms with Gasteiger partial charge in [-0.05, 0) is 55.9 Å². The van der Waals surface area contributed by atoms with Crippen LogP contribution in [-0.2, 0) is 9.53 Å². The fraction of sp³-hybridized carbons (Fsp3) is 0.200. The van der Waals surface area contributed by atoms with Crippen molar-refractivity contribution in [3.63, 3.8) is 0 Å². The molecule has 2 aromatic carbocycles. The van der Waals surface area contributed by atoms with Gasteiger partial charge < -0.3 is 10.1 Å². The van der Waals surface area contributed by atoms with E-state index in [0.29, 0.717) is 22.1 Å². The van der Waals surface area contributed by atoms with Gasteiger partial charge in [0.15, 0.2) is 5.11 Å². The molecule has 1 aliphatic heterocycles. The molecule has 0 aromatic heterocycles. The highest BCUT2D eigenvalue weighted by atomic mass is 32.1. The lowest BCUT2D eigenvalue weighted by atomic mass is 9.95. The molecule has 2 aromatic rings. The van der Waals surface area contributed by atoms with Gasteiger partial charge in [0.1, 0.15) is 5.82 Å². The summed E-state index contributed by atoms with van der Waals surface area (Å²) < 4.78 is 18.6. The lowest BCUT2D eigenvalue weighted by Crippen LogP contribution is -2.48. The molecule has 0 amide bonds. The Kier molecular flexibility index (Phi) is 5.32. The second-order valence-electron chi connectivity index (χ2n) is 5.82. The van der Waals surface area contributed by atoms with Crippen LogP contribution in [0.3, 0.4) is 0 Å². The quantitative estimate of drug-likeness (QED) is 0.648. The molecule has 0 fully saturated rings. The first kappa shape index (κ1) is 18.1. The van der Waals surface area contributed by atoms with Crippen LogP contribution in [0.25, 0.3) is 0 Å². The van der Waals surface area contributed by atoms with Crippen LogP contribution in [0.2, 0.25) is 0 Å². The molecule has 0 aliphatic carbocycles. The molecular formula is C20H19FN2O2S. The van der Waals surface area contributed by atoms with Crippen LogP contribution in [0, 0.1) is 5.82 Å². The van der Waals surface area contributed by atoms with E-state index in [-0.39, 0.29) is 12.4 Å². The molecule has 134 valence electrons. The van der Waals surface area contributed by atoms with Crippen LogP contribution in [0.15, 0.2) is 65.9 Å². The Morgan fingerprint density at radius 2 is 1.85 bits per heavy atom. The first-order chi connectivity index (χ1) is 12.5. The third-order valence-corrected chi connectivity index (χ3v) is 4.50. The first-order valence-electron chi connectivity index (χ1n) is 8.32. The van der Waals surface area contributed by atoms with Crippen molar-refractivity contribution in [1.82, 2.24) is 5.32 Å². The molecule has 1 aliphatic rings. The monoisotopic (exact) mass is 370 g/mol. The van der Waals surface area contributed by atoms with Gasteiger partial charge >= 0.3 is 5.97 Å². The summed E-state index contributed by atoms with van der Waals surface area (Å²) in [5.74, 6) is -0.736. The van der Waals surface area contributed by atoms with Crippen LogP contribution < -0.4 is 10.2 Å². The predicted octanol–water partition coefficient (Wildman–Crippen LogP) is 4.10. The molecule has 0 saturated heterocycles. The summed E-state index contributed by atoms with van der Waals surface area (Å²) in [6.07, 6.45) is 0. The number of carbonyl (C=O) groups is 1. The summed E-state index contributed by atoms with van der Waals surface area (Å²) >= 11 is 5.54. The van der Waals surface area contributed by atoms with Crippen LogP contribution >= 0.6 is 12.2 Å². The van der Waals surface area contributed by atoms with Gasteiger partial charge in [0.2, 0.25) is 0 Å². The van der Waals surface area contributed by atoms with Crippen LogP contribution in [0.4, 0.5) is 10.1 Å². The van der Waals surface area contributed by atoms with Crippen LogP contribution in [0.1, 0.15) is 25.5 Å². The van der Waals surface area contributed by atoms with E-state index in [4.69, 9.17) is 17.0 Å². The second kappa shape index (κ2) is 7.66. The van der Waals surface area contributed by atoms with Crippen molar-refractivity contribution in [3.05, 3.63) is 77.2 Å². The van der Waals surface area contributed by atoms with E-state index in [2.05, 4.69) is 5.32 Å². The minimum atomic E-state index is -0.403. The number of anilines is 1. The van der Waals surface area contributed by atoms with Gasteiger partial charge in [0, 0.05) is 11.4 Å². The maximum absolute atomic E-state index is 13.3. The molecular weight excluding hydrogens is 351 g/mol. The SMILES string of the molecule is CCOC(=O)C1=C(C)N(c2ccc(F)cc2)C(=S)N[C@@H]1c1ccccc1. The van der Waals surface area contributed by atoms with Gasteiger partial charge in [-0.25, -0.2) is 9.18 Å². The van der Waals surface area contributed by atoms with Crippen molar-refractivity contribution in [1.29, 1.82) is 0 Å².